The molecule has 0 aromatic heterocycles. The number of hydrogen-bond acceptors (Lipinski definition) is 5. The molecule has 1 fully saturated rings. The first kappa shape index (κ1) is 20.5. The second-order valence-corrected chi connectivity index (χ2v) is 7.01. The van der Waals surface area contributed by atoms with Crippen LogP contribution in [0.4, 0.5) is 5.69 Å². The number of likely N-dealkylation sites (tertiary alicyclic amines) is 1. The van der Waals surface area contributed by atoms with Crippen molar-refractivity contribution in [1.29, 1.82) is 0 Å². The van der Waals surface area contributed by atoms with E-state index in [0.29, 0.717) is 36.0 Å². The Morgan fingerprint density at radius 2 is 1.76 bits per heavy atom. The average Bonchev–Trinajstić information content (AvgIpc) is 3.09. The van der Waals surface area contributed by atoms with Gasteiger partial charge in [0.1, 0.15) is 0 Å². The summed E-state index contributed by atoms with van der Waals surface area (Å²) in [5.74, 6) is 0.717. The number of nitrogens with one attached hydrogen (secondary N) is 1. The lowest BCUT2D eigenvalue weighted by Gasteiger charge is -2.18. The van der Waals surface area contributed by atoms with Gasteiger partial charge in [-0.25, -0.2) is 0 Å². The molecule has 1 atom stereocenters. The molecule has 154 valence electrons. The van der Waals surface area contributed by atoms with E-state index in [2.05, 4.69) is 5.32 Å². The summed E-state index contributed by atoms with van der Waals surface area (Å²) in [6, 6.07) is 11.3. The van der Waals surface area contributed by atoms with Gasteiger partial charge in [0.05, 0.1) is 27.2 Å². The van der Waals surface area contributed by atoms with Gasteiger partial charge in [-0.15, -0.1) is 0 Å². The van der Waals surface area contributed by atoms with Gasteiger partial charge < -0.3 is 24.4 Å². The van der Waals surface area contributed by atoms with Crippen LogP contribution >= 0.6 is 0 Å². The topological polar surface area (TPSA) is 77.1 Å². The van der Waals surface area contributed by atoms with Crippen molar-refractivity contribution < 1.29 is 23.8 Å². The summed E-state index contributed by atoms with van der Waals surface area (Å²) in [7, 11) is 4.55. The zero-order valence-electron chi connectivity index (χ0n) is 17.2. The van der Waals surface area contributed by atoms with E-state index in [-0.39, 0.29) is 18.2 Å². The molecule has 3 rings (SSSR count). The summed E-state index contributed by atoms with van der Waals surface area (Å²) >= 11 is 0. The van der Waals surface area contributed by atoms with Crippen LogP contribution in [0.3, 0.4) is 0 Å². The highest BCUT2D eigenvalue weighted by atomic mass is 16.5. The van der Waals surface area contributed by atoms with Gasteiger partial charge >= 0.3 is 0 Å². The third-order valence-corrected chi connectivity index (χ3v) is 5.14. The molecule has 1 aliphatic heterocycles. The molecule has 1 saturated heterocycles. The second-order valence-electron chi connectivity index (χ2n) is 7.01. The molecule has 2 aromatic carbocycles. The summed E-state index contributed by atoms with van der Waals surface area (Å²) in [5, 5.41) is 2.87. The minimum atomic E-state index is -0.411. The maximum Gasteiger partial charge on any atom is 0.229 e. The number of rotatable bonds is 7. The first-order valence-electron chi connectivity index (χ1n) is 9.40. The predicted octanol–water partition coefficient (Wildman–Crippen LogP) is 3.01. The number of nitrogens with zero attached hydrogens (tertiary/aromatic N) is 1. The Kier molecular flexibility index (Phi) is 6.26. The van der Waals surface area contributed by atoms with Crippen LogP contribution in [-0.2, 0) is 16.1 Å². The minimum absolute atomic E-state index is 0.0155. The van der Waals surface area contributed by atoms with Crippen molar-refractivity contribution >= 4 is 17.5 Å². The van der Waals surface area contributed by atoms with E-state index < -0.39 is 5.92 Å². The van der Waals surface area contributed by atoms with Gasteiger partial charge in [-0.2, -0.15) is 0 Å². The number of anilines is 1. The van der Waals surface area contributed by atoms with E-state index in [0.717, 1.165) is 11.1 Å². The summed E-state index contributed by atoms with van der Waals surface area (Å²) < 4.78 is 15.9. The first-order valence-corrected chi connectivity index (χ1v) is 9.40. The van der Waals surface area contributed by atoms with E-state index in [4.69, 9.17) is 14.2 Å². The van der Waals surface area contributed by atoms with Crippen molar-refractivity contribution in [2.45, 2.75) is 19.9 Å². The van der Waals surface area contributed by atoms with E-state index in [1.807, 2.05) is 31.2 Å². The average molecular weight is 398 g/mol. The lowest BCUT2D eigenvalue weighted by Crippen LogP contribution is -2.28. The van der Waals surface area contributed by atoms with Crippen LogP contribution in [0.5, 0.6) is 17.2 Å². The molecule has 1 unspecified atom stereocenters. The minimum Gasteiger partial charge on any atom is -0.493 e. The number of amides is 2. The Morgan fingerprint density at radius 3 is 2.34 bits per heavy atom. The van der Waals surface area contributed by atoms with Gasteiger partial charge in [0.25, 0.3) is 0 Å². The number of aryl methyl sites for hydroxylation is 1. The number of carbonyl (C=O) groups is 2. The molecule has 1 heterocycles. The van der Waals surface area contributed by atoms with Crippen LogP contribution in [0.1, 0.15) is 17.5 Å². The zero-order chi connectivity index (χ0) is 21.0. The van der Waals surface area contributed by atoms with E-state index >= 15 is 0 Å². The Morgan fingerprint density at radius 1 is 1.10 bits per heavy atom. The molecule has 0 aliphatic carbocycles. The van der Waals surface area contributed by atoms with Crippen LogP contribution in [0.25, 0.3) is 0 Å². The van der Waals surface area contributed by atoms with Gasteiger partial charge in [0.2, 0.25) is 17.6 Å². The van der Waals surface area contributed by atoms with Gasteiger partial charge in [0, 0.05) is 37.3 Å². The van der Waals surface area contributed by atoms with Crippen LogP contribution < -0.4 is 19.5 Å². The second kappa shape index (κ2) is 8.86. The van der Waals surface area contributed by atoms with Crippen molar-refractivity contribution in [3.63, 3.8) is 0 Å². The summed E-state index contributed by atoms with van der Waals surface area (Å²) in [6.07, 6.45) is 0.197. The SMILES string of the molecule is COc1cc(NC(=O)C2CC(=O)N(Cc3ccccc3C)C2)cc(OC)c1OC. The smallest absolute Gasteiger partial charge is 0.229 e. The lowest BCUT2D eigenvalue weighted by atomic mass is 10.1. The maximum atomic E-state index is 12.8. The fourth-order valence-corrected chi connectivity index (χ4v) is 3.49. The standard InChI is InChI=1S/C22H26N2O5/c1-14-7-5-6-8-15(14)12-24-13-16(9-20(24)25)22(26)23-17-10-18(27-2)21(29-4)19(11-17)28-3/h5-8,10-11,16H,9,12-13H2,1-4H3,(H,23,26). The number of benzene rings is 2. The molecular formula is C22H26N2O5. The number of hydrogen-bond donors (Lipinski definition) is 1. The fraction of sp³-hybridized carbons (Fsp3) is 0.364. The quantitative estimate of drug-likeness (QED) is 0.776. The third kappa shape index (κ3) is 4.45. The van der Waals surface area contributed by atoms with E-state index in [1.54, 1.807) is 17.0 Å². The Bertz CT molecular complexity index is 887. The Labute approximate surface area is 170 Å². The van der Waals surface area contributed by atoms with Crippen molar-refractivity contribution in [3.05, 3.63) is 47.5 Å². The van der Waals surface area contributed by atoms with Gasteiger partial charge in [-0.05, 0) is 18.1 Å². The van der Waals surface area contributed by atoms with Gasteiger partial charge in [0.15, 0.2) is 11.5 Å². The Hall–Kier alpha value is -3.22. The molecule has 0 radical (unpaired) electrons. The van der Waals surface area contributed by atoms with E-state index in [1.165, 1.54) is 21.3 Å². The molecule has 1 N–H and O–H groups in total. The molecular weight excluding hydrogens is 372 g/mol. The summed E-state index contributed by atoms with van der Waals surface area (Å²) in [6.45, 7) is 2.92. The van der Waals surface area contributed by atoms with Crippen molar-refractivity contribution in [3.8, 4) is 17.2 Å². The van der Waals surface area contributed by atoms with Crippen molar-refractivity contribution in [2.24, 2.45) is 5.92 Å². The van der Waals surface area contributed by atoms with Crippen LogP contribution in [0.2, 0.25) is 0 Å². The summed E-state index contributed by atoms with van der Waals surface area (Å²) in [5.41, 5.74) is 2.74. The van der Waals surface area contributed by atoms with Gasteiger partial charge in [-0.3, -0.25) is 9.59 Å². The molecule has 2 amide bonds. The van der Waals surface area contributed by atoms with E-state index in [9.17, 15) is 9.59 Å². The normalized spacial score (nSPS) is 15.9. The zero-order valence-corrected chi connectivity index (χ0v) is 17.2. The molecule has 0 saturated carbocycles. The molecule has 0 bridgehead atoms. The van der Waals surface area contributed by atoms with Gasteiger partial charge in [-0.1, -0.05) is 24.3 Å². The number of ether oxygens (including phenoxy) is 3. The Balaban J connectivity index is 1.70. The molecule has 7 nitrogen and oxygen atoms in total. The first-order chi connectivity index (χ1) is 14.0. The highest BCUT2D eigenvalue weighted by Crippen LogP contribution is 2.40. The molecule has 29 heavy (non-hydrogen) atoms. The monoisotopic (exact) mass is 398 g/mol. The van der Waals surface area contributed by atoms with Crippen LogP contribution in [0, 0.1) is 12.8 Å². The number of carbonyl (C=O) groups excluding carboxylic acids is 2. The lowest BCUT2D eigenvalue weighted by molar-refractivity contribution is -0.128. The molecule has 1 aliphatic rings. The number of methoxy groups -OCH3 is 3. The largest absolute Gasteiger partial charge is 0.493 e. The third-order valence-electron chi connectivity index (χ3n) is 5.14. The highest BCUT2D eigenvalue weighted by Gasteiger charge is 2.34. The highest BCUT2D eigenvalue weighted by molar-refractivity contribution is 5.97. The summed E-state index contributed by atoms with van der Waals surface area (Å²) in [4.78, 5) is 26.9. The molecule has 2 aromatic rings. The van der Waals surface area contributed by atoms with Crippen molar-refractivity contribution in [2.75, 3.05) is 33.2 Å². The van der Waals surface area contributed by atoms with Crippen LogP contribution in [0.15, 0.2) is 36.4 Å². The maximum absolute atomic E-state index is 12.8. The fourth-order valence-electron chi connectivity index (χ4n) is 3.49. The molecule has 7 heteroatoms. The van der Waals surface area contributed by atoms with Crippen LogP contribution in [-0.4, -0.2) is 44.6 Å². The van der Waals surface area contributed by atoms with Crippen molar-refractivity contribution in [1.82, 2.24) is 4.90 Å². The molecule has 0 spiro atoms. The predicted molar refractivity (Wildman–Crippen MR) is 109 cm³/mol.